The molecule has 1 rings (SSSR count). The lowest BCUT2D eigenvalue weighted by atomic mass is 10.1. The molecule has 0 saturated heterocycles. The molecular formula is C8H7ClN2O3. The van der Waals surface area contributed by atoms with Gasteiger partial charge in [-0.2, -0.15) is 0 Å². The summed E-state index contributed by atoms with van der Waals surface area (Å²) in [7, 11) is 0. The summed E-state index contributed by atoms with van der Waals surface area (Å²) in [6.45, 7) is 0. The highest BCUT2D eigenvalue weighted by atomic mass is 35.5. The number of carbonyl (C=O) groups excluding carboxylic acids is 1. The van der Waals surface area contributed by atoms with Crippen molar-refractivity contribution in [3.05, 3.63) is 28.8 Å². The van der Waals surface area contributed by atoms with Gasteiger partial charge in [0.2, 0.25) is 0 Å². The van der Waals surface area contributed by atoms with Crippen molar-refractivity contribution in [3.8, 4) is 0 Å². The monoisotopic (exact) mass is 214 g/mol. The molecule has 0 unspecified atom stereocenters. The van der Waals surface area contributed by atoms with Gasteiger partial charge in [-0.15, -0.1) is 0 Å². The van der Waals surface area contributed by atoms with Crippen molar-refractivity contribution >= 4 is 29.0 Å². The number of carbonyl (C=O) groups is 2. The number of carboxylic acids is 1. The summed E-state index contributed by atoms with van der Waals surface area (Å²) in [5.74, 6) is 2.53. The Bertz CT molecular complexity index is 392. The fourth-order valence-electron chi connectivity index (χ4n) is 0.949. The number of nitrogen functional groups attached to an aromatic ring is 1. The Balaban J connectivity index is 3.20. The van der Waals surface area contributed by atoms with Gasteiger partial charge in [0.15, 0.2) is 0 Å². The fraction of sp³-hybridized carbons (Fsp3) is 0. The van der Waals surface area contributed by atoms with Crippen LogP contribution >= 0.6 is 11.6 Å². The van der Waals surface area contributed by atoms with Crippen LogP contribution in [-0.4, -0.2) is 16.9 Å². The molecule has 5 nitrogen and oxygen atoms in total. The zero-order valence-corrected chi connectivity index (χ0v) is 7.71. The van der Waals surface area contributed by atoms with Crippen LogP contribution in [0.2, 0.25) is 5.02 Å². The maximum atomic E-state index is 11.1. The van der Waals surface area contributed by atoms with Crippen LogP contribution in [0.15, 0.2) is 18.2 Å². The smallest absolute Gasteiger partial charge is 0.377 e. The van der Waals surface area contributed by atoms with Gasteiger partial charge in [0.25, 0.3) is 5.78 Å². The third kappa shape index (κ3) is 2.01. The average Bonchev–Trinajstić information content (AvgIpc) is 2.16. The summed E-state index contributed by atoms with van der Waals surface area (Å²) in [6, 6.07) is 4.09. The van der Waals surface area contributed by atoms with Crippen molar-refractivity contribution in [1.82, 2.24) is 0 Å². The Morgan fingerprint density at radius 3 is 2.57 bits per heavy atom. The number of nitrogens with one attached hydrogen (secondary N) is 1. The van der Waals surface area contributed by atoms with E-state index in [1.165, 1.54) is 18.2 Å². The number of anilines is 1. The van der Waals surface area contributed by atoms with Crippen LogP contribution in [0.4, 0.5) is 5.69 Å². The summed E-state index contributed by atoms with van der Waals surface area (Å²) in [4.78, 5) is 21.5. The molecule has 0 fully saturated rings. The largest absolute Gasteiger partial charge is 0.475 e. The molecule has 0 aromatic heterocycles. The second-order valence-corrected chi connectivity index (χ2v) is 2.90. The van der Waals surface area contributed by atoms with Gasteiger partial charge in [0, 0.05) is 5.02 Å². The maximum absolute atomic E-state index is 11.1. The van der Waals surface area contributed by atoms with Crippen molar-refractivity contribution in [1.29, 1.82) is 0 Å². The van der Waals surface area contributed by atoms with Gasteiger partial charge >= 0.3 is 5.97 Å². The number of Topliss-reactive ketones (excluding diaryl/α,β-unsaturated/α-hetero) is 1. The molecule has 0 saturated carbocycles. The predicted molar refractivity (Wildman–Crippen MR) is 51.2 cm³/mol. The Morgan fingerprint density at radius 1 is 1.43 bits per heavy atom. The number of ketones is 1. The van der Waals surface area contributed by atoms with E-state index in [2.05, 4.69) is 5.43 Å². The molecule has 14 heavy (non-hydrogen) atoms. The zero-order chi connectivity index (χ0) is 10.7. The lowest BCUT2D eigenvalue weighted by Gasteiger charge is -2.05. The van der Waals surface area contributed by atoms with Gasteiger partial charge in [-0.25, -0.2) is 4.79 Å². The molecule has 0 spiro atoms. The first-order valence-electron chi connectivity index (χ1n) is 3.60. The van der Waals surface area contributed by atoms with E-state index < -0.39 is 11.8 Å². The lowest BCUT2D eigenvalue weighted by molar-refractivity contribution is -0.131. The number of carboxylic acid groups (broad SMARTS) is 1. The number of hydrogen-bond acceptors (Lipinski definition) is 4. The number of halogens is 1. The minimum Gasteiger partial charge on any atom is -0.475 e. The van der Waals surface area contributed by atoms with Gasteiger partial charge < -0.3 is 10.5 Å². The van der Waals surface area contributed by atoms with Crippen LogP contribution in [0.1, 0.15) is 10.4 Å². The van der Waals surface area contributed by atoms with E-state index >= 15 is 0 Å². The highest BCUT2D eigenvalue weighted by molar-refractivity contribution is 6.41. The topological polar surface area (TPSA) is 92.4 Å². The van der Waals surface area contributed by atoms with E-state index in [4.69, 9.17) is 22.6 Å². The van der Waals surface area contributed by atoms with Crippen molar-refractivity contribution in [2.75, 3.05) is 5.43 Å². The first-order chi connectivity index (χ1) is 6.56. The first kappa shape index (κ1) is 10.5. The molecule has 4 N–H and O–H groups in total. The molecule has 0 atom stereocenters. The highest BCUT2D eigenvalue weighted by Crippen LogP contribution is 2.20. The SMILES string of the molecule is NNc1cc(Cl)ccc1C(=O)C(=O)O. The molecular weight excluding hydrogens is 208 g/mol. The summed E-state index contributed by atoms with van der Waals surface area (Å²) >= 11 is 5.63. The number of aliphatic carboxylic acids is 1. The van der Waals surface area contributed by atoms with Crippen LogP contribution in [-0.2, 0) is 4.79 Å². The fourth-order valence-corrected chi connectivity index (χ4v) is 1.12. The minimum absolute atomic E-state index is 0.0237. The lowest BCUT2D eigenvalue weighted by Crippen LogP contribution is -2.17. The van der Waals surface area contributed by atoms with Gasteiger partial charge in [0.05, 0.1) is 11.3 Å². The Hall–Kier alpha value is -1.59. The zero-order valence-electron chi connectivity index (χ0n) is 6.95. The number of benzene rings is 1. The van der Waals surface area contributed by atoms with E-state index in [9.17, 15) is 9.59 Å². The van der Waals surface area contributed by atoms with Gasteiger partial charge in [-0.1, -0.05) is 11.6 Å². The van der Waals surface area contributed by atoms with Crippen LogP contribution < -0.4 is 11.3 Å². The average molecular weight is 215 g/mol. The molecule has 0 aliphatic rings. The normalized spacial score (nSPS) is 9.57. The number of hydrogen-bond donors (Lipinski definition) is 3. The first-order valence-corrected chi connectivity index (χ1v) is 3.98. The van der Waals surface area contributed by atoms with Crippen LogP contribution in [0.5, 0.6) is 0 Å². The molecule has 0 aliphatic carbocycles. The molecule has 0 heterocycles. The second-order valence-electron chi connectivity index (χ2n) is 2.47. The molecule has 0 amide bonds. The van der Waals surface area contributed by atoms with E-state index in [1.807, 2.05) is 0 Å². The van der Waals surface area contributed by atoms with Gasteiger partial charge in [-0.3, -0.25) is 10.6 Å². The molecule has 0 bridgehead atoms. The Morgan fingerprint density at radius 2 is 2.07 bits per heavy atom. The Labute approximate surface area is 84.4 Å². The summed E-state index contributed by atoms with van der Waals surface area (Å²) in [5, 5.41) is 8.83. The highest BCUT2D eigenvalue weighted by Gasteiger charge is 2.18. The van der Waals surface area contributed by atoms with Crippen molar-refractivity contribution in [2.45, 2.75) is 0 Å². The predicted octanol–water partition coefficient (Wildman–Crippen LogP) is 0.893. The molecule has 0 aliphatic heterocycles. The third-order valence-corrected chi connectivity index (χ3v) is 1.81. The molecule has 6 heteroatoms. The number of hydrazine groups is 1. The van der Waals surface area contributed by atoms with Crippen LogP contribution in [0.3, 0.4) is 0 Å². The number of nitrogens with two attached hydrogens (primary N) is 1. The molecule has 1 aromatic rings. The number of rotatable bonds is 3. The van der Waals surface area contributed by atoms with E-state index in [1.54, 1.807) is 0 Å². The van der Waals surface area contributed by atoms with Crippen LogP contribution in [0.25, 0.3) is 0 Å². The van der Waals surface area contributed by atoms with E-state index in [0.717, 1.165) is 0 Å². The Kier molecular flexibility index (Phi) is 3.06. The summed E-state index contributed by atoms with van der Waals surface area (Å²) in [6.07, 6.45) is 0. The van der Waals surface area contributed by atoms with Gasteiger partial charge in [-0.05, 0) is 18.2 Å². The second kappa shape index (κ2) is 4.08. The molecule has 1 aromatic carbocycles. The maximum Gasteiger partial charge on any atom is 0.377 e. The summed E-state index contributed by atoms with van der Waals surface area (Å²) in [5.41, 5.74) is 2.36. The van der Waals surface area contributed by atoms with Gasteiger partial charge in [0.1, 0.15) is 0 Å². The summed E-state index contributed by atoms with van der Waals surface area (Å²) < 4.78 is 0. The van der Waals surface area contributed by atoms with E-state index in [-0.39, 0.29) is 11.3 Å². The minimum atomic E-state index is -1.54. The van der Waals surface area contributed by atoms with Crippen molar-refractivity contribution in [2.24, 2.45) is 5.84 Å². The van der Waals surface area contributed by atoms with E-state index in [0.29, 0.717) is 5.02 Å². The van der Waals surface area contributed by atoms with Crippen molar-refractivity contribution < 1.29 is 14.7 Å². The van der Waals surface area contributed by atoms with Crippen molar-refractivity contribution in [3.63, 3.8) is 0 Å². The molecule has 0 radical (unpaired) electrons. The third-order valence-electron chi connectivity index (χ3n) is 1.58. The molecule has 74 valence electrons. The standard InChI is InChI=1S/C8H7ClN2O3/c9-4-1-2-5(6(3-4)11-10)7(12)8(13)14/h1-3,11H,10H2,(H,13,14). The quantitative estimate of drug-likeness (QED) is 0.301. The van der Waals surface area contributed by atoms with Crippen LogP contribution in [0, 0.1) is 0 Å².